The highest BCUT2D eigenvalue weighted by Crippen LogP contribution is 2.14. The number of aromatic nitrogens is 3. The van der Waals surface area contributed by atoms with Crippen LogP contribution in [0.2, 0.25) is 0 Å². The van der Waals surface area contributed by atoms with Gasteiger partial charge in [-0.05, 0) is 35.4 Å². The molecule has 0 saturated carbocycles. The first-order valence-electron chi connectivity index (χ1n) is 5.19. The van der Waals surface area contributed by atoms with E-state index in [1.807, 2.05) is 0 Å². The van der Waals surface area contributed by atoms with Crippen molar-refractivity contribution in [1.82, 2.24) is 15.5 Å². The average Bonchev–Trinajstić information content (AvgIpc) is 2.96. The predicted molar refractivity (Wildman–Crippen MR) is 61.0 cm³/mol. The Balaban J connectivity index is 1.87. The monoisotopic (exact) mass is 244 g/mol. The summed E-state index contributed by atoms with van der Waals surface area (Å²) in [5.41, 5.74) is 1.57. The SMILES string of the molecule is Cc1cc(NC(=O)c2ccc3nonc3c2)no1. The van der Waals surface area contributed by atoms with Crippen LogP contribution in [-0.2, 0) is 0 Å². The number of nitrogens with one attached hydrogen (secondary N) is 1. The third kappa shape index (κ3) is 1.81. The molecule has 0 fully saturated rings. The Morgan fingerprint density at radius 1 is 1.17 bits per heavy atom. The van der Waals surface area contributed by atoms with Gasteiger partial charge in [-0.3, -0.25) is 4.79 Å². The first kappa shape index (κ1) is 10.5. The Labute approximate surface area is 101 Å². The number of rotatable bonds is 2. The van der Waals surface area contributed by atoms with Gasteiger partial charge in [-0.2, -0.15) is 0 Å². The number of hydrogen-bond acceptors (Lipinski definition) is 6. The molecule has 90 valence electrons. The van der Waals surface area contributed by atoms with E-state index in [-0.39, 0.29) is 5.91 Å². The smallest absolute Gasteiger partial charge is 0.256 e. The van der Waals surface area contributed by atoms with Crippen LogP contribution in [0.15, 0.2) is 33.4 Å². The third-order valence-corrected chi connectivity index (χ3v) is 2.39. The number of amides is 1. The van der Waals surface area contributed by atoms with Crippen molar-refractivity contribution in [2.24, 2.45) is 0 Å². The van der Waals surface area contributed by atoms with Crippen LogP contribution in [0.4, 0.5) is 5.82 Å². The lowest BCUT2D eigenvalue weighted by atomic mass is 10.2. The van der Waals surface area contributed by atoms with Crippen LogP contribution < -0.4 is 5.32 Å². The van der Waals surface area contributed by atoms with Crippen molar-refractivity contribution < 1.29 is 13.9 Å². The van der Waals surface area contributed by atoms with Crippen LogP contribution in [0.1, 0.15) is 16.1 Å². The number of hydrogen-bond donors (Lipinski definition) is 1. The van der Waals surface area contributed by atoms with Crippen LogP contribution in [0, 0.1) is 6.92 Å². The zero-order valence-electron chi connectivity index (χ0n) is 9.38. The molecular weight excluding hydrogens is 236 g/mol. The predicted octanol–water partition coefficient (Wildman–Crippen LogP) is 1.77. The van der Waals surface area contributed by atoms with Crippen molar-refractivity contribution in [2.45, 2.75) is 6.92 Å². The first-order valence-corrected chi connectivity index (χ1v) is 5.19. The quantitative estimate of drug-likeness (QED) is 0.738. The number of nitrogens with zero attached hydrogens (tertiary/aromatic N) is 3. The number of anilines is 1. The molecule has 0 atom stereocenters. The molecule has 3 rings (SSSR count). The van der Waals surface area contributed by atoms with Gasteiger partial charge in [0.05, 0.1) is 0 Å². The molecule has 0 unspecified atom stereocenters. The molecule has 2 heterocycles. The van der Waals surface area contributed by atoms with Gasteiger partial charge in [0.15, 0.2) is 5.82 Å². The van der Waals surface area contributed by atoms with E-state index in [4.69, 9.17) is 4.52 Å². The molecule has 0 aliphatic rings. The molecule has 0 radical (unpaired) electrons. The van der Waals surface area contributed by atoms with Crippen LogP contribution in [0.3, 0.4) is 0 Å². The second-order valence-electron chi connectivity index (χ2n) is 3.74. The standard InChI is InChI=1S/C11H8N4O3/c1-6-4-10(15-17-6)12-11(16)7-2-3-8-9(5-7)14-18-13-8/h2-5H,1H3,(H,12,15,16). The van der Waals surface area contributed by atoms with E-state index in [9.17, 15) is 4.79 Å². The number of carbonyl (C=O) groups excluding carboxylic acids is 1. The fourth-order valence-electron chi connectivity index (χ4n) is 1.54. The van der Waals surface area contributed by atoms with E-state index < -0.39 is 0 Å². The Morgan fingerprint density at radius 3 is 2.78 bits per heavy atom. The van der Waals surface area contributed by atoms with Gasteiger partial charge in [-0.25, -0.2) is 4.63 Å². The summed E-state index contributed by atoms with van der Waals surface area (Å²) < 4.78 is 9.42. The van der Waals surface area contributed by atoms with E-state index in [0.29, 0.717) is 28.2 Å². The summed E-state index contributed by atoms with van der Waals surface area (Å²) in [6.07, 6.45) is 0. The van der Waals surface area contributed by atoms with Gasteiger partial charge in [0.25, 0.3) is 5.91 Å². The number of fused-ring (bicyclic) bond motifs is 1. The summed E-state index contributed by atoms with van der Waals surface area (Å²) in [7, 11) is 0. The summed E-state index contributed by atoms with van der Waals surface area (Å²) >= 11 is 0. The molecule has 0 aliphatic carbocycles. The average molecular weight is 244 g/mol. The minimum atomic E-state index is -0.298. The minimum absolute atomic E-state index is 0.298. The van der Waals surface area contributed by atoms with E-state index in [2.05, 4.69) is 25.4 Å². The topological polar surface area (TPSA) is 94.1 Å². The molecule has 7 nitrogen and oxygen atoms in total. The fourth-order valence-corrected chi connectivity index (χ4v) is 1.54. The number of carbonyl (C=O) groups is 1. The molecule has 0 saturated heterocycles. The lowest BCUT2D eigenvalue weighted by Gasteiger charge is -2.00. The van der Waals surface area contributed by atoms with Crippen LogP contribution in [0.5, 0.6) is 0 Å². The molecule has 1 amide bonds. The Morgan fingerprint density at radius 2 is 2.00 bits per heavy atom. The second kappa shape index (κ2) is 3.95. The molecule has 2 aromatic heterocycles. The Kier molecular flexibility index (Phi) is 2.30. The highest BCUT2D eigenvalue weighted by Gasteiger charge is 2.11. The van der Waals surface area contributed by atoms with Gasteiger partial charge in [0.2, 0.25) is 0 Å². The zero-order valence-corrected chi connectivity index (χ0v) is 9.38. The van der Waals surface area contributed by atoms with Gasteiger partial charge >= 0.3 is 0 Å². The van der Waals surface area contributed by atoms with Crippen LogP contribution >= 0.6 is 0 Å². The summed E-state index contributed by atoms with van der Waals surface area (Å²) in [5, 5.41) is 13.6. The molecule has 3 aromatic rings. The van der Waals surface area contributed by atoms with Crippen molar-refractivity contribution in [3.63, 3.8) is 0 Å². The molecule has 0 spiro atoms. The van der Waals surface area contributed by atoms with Crippen molar-refractivity contribution in [1.29, 1.82) is 0 Å². The van der Waals surface area contributed by atoms with Gasteiger partial charge < -0.3 is 9.84 Å². The molecule has 18 heavy (non-hydrogen) atoms. The normalized spacial score (nSPS) is 10.7. The van der Waals surface area contributed by atoms with Crippen molar-refractivity contribution in [2.75, 3.05) is 5.32 Å². The van der Waals surface area contributed by atoms with E-state index >= 15 is 0 Å². The van der Waals surface area contributed by atoms with Crippen molar-refractivity contribution in [3.05, 3.63) is 35.6 Å². The summed E-state index contributed by atoms with van der Waals surface area (Å²) in [6.45, 7) is 1.75. The lowest BCUT2D eigenvalue weighted by Crippen LogP contribution is -2.11. The summed E-state index contributed by atoms with van der Waals surface area (Å²) in [4.78, 5) is 11.9. The zero-order chi connectivity index (χ0) is 12.5. The van der Waals surface area contributed by atoms with Gasteiger partial charge in [0.1, 0.15) is 16.8 Å². The lowest BCUT2D eigenvalue weighted by molar-refractivity contribution is 0.102. The maximum absolute atomic E-state index is 11.9. The van der Waals surface area contributed by atoms with Crippen molar-refractivity contribution >= 4 is 22.8 Å². The van der Waals surface area contributed by atoms with E-state index in [0.717, 1.165) is 0 Å². The minimum Gasteiger partial charge on any atom is -0.360 e. The third-order valence-electron chi connectivity index (χ3n) is 2.39. The number of benzene rings is 1. The molecular formula is C11H8N4O3. The van der Waals surface area contributed by atoms with Gasteiger partial charge in [0, 0.05) is 11.6 Å². The van der Waals surface area contributed by atoms with Crippen molar-refractivity contribution in [3.8, 4) is 0 Å². The second-order valence-corrected chi connectivity index (χ2v) is 3.74. The van der Waals surface area contributed by atoms with Crippen LogP contribution in [-0.4, -0.2) is 21.4 Å². The first-order chi connectivity index (χ1) is 8.72. The fraction of sp³-hybridized carbons (Fsp3) is 0.0909. The molecule has 1 N–H and O–H groups in total. The maximum Gasteiger partial charge on any atom is 0.256 e. The van der Waals surface area contributed by atoms with E-state index in [1.165, 1.54) is 0 Å². The highest BCUT2D eigenvalue weighted by atomic mass is 16.6. The largest absolute Gasteiger partial charge is 0.360 e. The molecule has 1 aromatic carbocycles. The summed E-state index contributed by atoms with van der Waals surface area (Å²) in [6, 6.07) is 6.52. The van der Waals surface area contributed by atoms with Crippen LogP contribution in [0.25, 0.3) is 11.0 Å². The molecule has 7 heteroatoms. The Bertz CT molecular complexity index is 716. The maximum atomic E-state index is 11.9. The summed E-state index contributed by atoms with van der Waals surface area (Å²) in [5.74, 6) is 0.700. The van der Waals surface area contributed by atoms with Gasteiger partial charge in [-0.15, -0.1) is 0 Å². The van der Waals surface area contributed by atoms with E-state index in [1.54, 1.807) is 31.2 Å². The number of aryl methyl sites for hydroxylation is 1. The van der Waals surface area contributed by atoms with Gasteiger partial charge in [-0.1, -0.05) is 5.16 Å². The highest BCUT2D eigenvalue weighted by molar-refractivity contribution is 6.05. The Hall–Kier alpha value is -2.70. The molecule has 0 aliphatic heterocycles. The molecule has 0 bridgehead atoms.